The van der Waals surface area contributed by atoms with Gasteiger partial charge >= 0.3 is 7.12 Å². The van der Waals surface area contributed by atoms with Gasteiger partial charge in [-0.15, -0.1) is 0 Å². The van der Waals surface area contributed by atoms with Gasteiger partial charge in [-0.1, -0.05) is 42.4 Å². The lowest BCUT2D eigenvalue weighted by Gasteiger charge is -2.24. The number of benzene rings is 2. The number of para-hydroxylation sites is 1. The molecule has 2 aromatic rings. The molecule has 9 heteroatoms. The maximum absolute atomic E-state index is 14.0. The minimum Gasteiger partial charge on any atom is -0.426 e. The molecule has 0 aliphatic carbocycles. The fourth-order valence-electron chi connectivity index (χ4n) is 2.56. The van der Waals surface area contributed by atoms with Crippen LogP contribution in [0.3, 0.4) is 0 Å². The Hall–Kier alpha value is -2.68. The first kappa shape index (κ1) is 21.6. The number of hydrogen-bond acceptors (Lipinski definition) is 4. The summed E-state index contributed by atoms with van der Waals surface area (Å²) in [5.74, 6) is -3.06. The number of carbonyl (C=O) groups is 2. The Bertz CT molecular complexity index is 848. The van der Waals surface area contributed by atoms with Gasteiger partial charge in [0, 0.05) is 5.02 Å². The van der Waals surface area contributed by atoms with Gasteiger partial charge < -0.3 is 15.4 Å². The zero-order valence-corrected chi connectivity index (χ0v) is 15.6. The van der Waals surface area contributed by atoms with Crippen molar-refractivity contribution in [3.63, 3.8) is 0 Å². The molecular formula is C19H19BClFN2O4. The molecule has 146 valence electrons. The monoisotopic (exact) mass is 404 g/mol. The maximum Gasteiger partial charge on any atom is 0.475 e. The smallest absolute Gasteiger partial charge is 0.426 e. The summed E-state index contributed by atoms with van der Waals surface area (Å²) in [4.78, 5) is 25.4. The Morgan fingerprint density at radius 1 is 1.21 bits per heavy atom. The fraction of sp³-hybridized carbons (Fsp3) is 0.158. The fourth-order valence-corrected chi connectivity index (χ4v) is 2.69. The zero-order chi connectivity index (χ0) is 20.7. The van der Waals surface area contributed by atoms with Gasteiger partial charge in [0.2, 0.25) is 5.91 Å². The van der Waals surface area contributed by atoms with E-state index in [-0.39, 0.29) is 12.1 Å². The molecule has 2 amide bonds. The molecule has 1 unspecified atom stereocenters. The van der Waals surface area contributed by atoms with Gasteiger partial charge in [-0.2, -0.15) is 0 Å². The average Bonchev–Trinajstić information content (AvgIpc) is 2.67. The standard InChI is InChI=1S/C19H19BClFN2O4/c1-2-19(26)24(16-6-4-3-5-15(16)22)12-18(25)23-17(20(27)28)11-13-7-9-14(21)10-8-13/h2-10,17,27-28H,1,11-12H2,(H,23,25). The highest BCUT2D eigenvalue weighted by Crippen LogP contribution is 2.19. The Balaban J connectivity index is 2.12. The van der Waals surface area contributed by atoms with E-state index in [1.54, 1.807) is 24.3 Å². The van der Waals surface area contributed by atoms with Crippen molar-refractivity contribution in [3.05, 3.63) is 77.6 Å². The van der Waals surface area contributed by atoms with Crippen molar-refractivity contribution in [2.24, 2.45) is 0 Å². The van der Waals surface area contributed by atoms with Crippen LogP contribution >= 0.6 is 11.6 Å². The van der Waals surface area contributed by atoms with Crippen molar-refractivity contribution in [2.75, 3.05) is 11.4 Å². The van der Waals surface area contributed by atoms with Gasteiger partial charge in [0.15, 0.2) is 0 Å². The number of rotatable bonds is 8. The predicted octanol–water partition coefficient (Wildman–Crippen LogP) is 1.74. The van der Waals surface area contributed by atoms with E-state index in [1.165, 1.54) is 18.2 Å². The largest absolute Gasteiger partial charge is 0.475 e. The maximum atomic E-state index is 14.0. The number of anilines is 1. The van der Waals surface area contributed by atoms with E-state index in [2.05, 4.69) is 11.9 Å². The van der Waals surface area contributed by atoms with Crippen LogP contribution < -0.4 is 10.2 Å². The molecule has 0 heterocycles. The third-order valence-corrected chi connectivity index (χ3v) is 4.21. The van der Waals surface area contributed by atoms with Crippen LogP contribution in [0.15, 0.2) is 61.2 Å². The molecule has 0 aliphatic heterocycles. The molecule has 0 spiro atoms. The number of nitrogens with one attached hydrogen (secondary N) is 1. The second-order valence-electron chi connectivity index (χ2n) is 6.00. The van der Waals surface area contributed by atoms with Crippen molar-refractivity contribution in [3.8, 4) is 0 Å². The SMILES string of the molecule is C=CC(=O)N(CC(=O)NC(Cc1ccc(Cl)cc1)B(O)O)c1ccccc1F. The highest BCUT2D eigenvalue weighted by atomic mass is 35.5. The highest BCUT2D eigenvalue weighted by Gasteiger charge is 2.27. The van der Waals surface area contributed by atoms with E-state index in [9.17, 15) is 24.0 Å². The first-order chi connectivity index (χ1) is 13.3. The molecule has 6 nitrogen and oxygen atoms in total. The number of nitrogens with zero attached hydrogens (tertiary/aromatic N) is 1. The van der Waals surface area contributed by atoms with Crippen LogP contribution in [0.2, 0.25) is 5.02 Å². The third kappa shape index (κ3) is 5.92. The van der Waals surface area contributed by atoms with Crippen molar-refractivity contribution < 1.29 is 24.0 Å². The van der Waals surface area contributed by atoms with Crippen molar-refractivity contribution in [2.45, 2.75) is 12.4 Å². The zero-order valence-electron chi connectivity index (χ0n) is 14.9. The Morgan fingerprint density at radius 3 is 2.43 bits per heavy atom. The van der Waals surface area contributed by atoms with Crippen LogP contribution in [-0.2, 0) is 16.0 Å². The van der Waals surface area contributed by atoms with E-state index in [1.807, 2.05) is 0 Å². The van der Waals surface area contributed by atoms with Crippen LogP contribution in [0.25, 0.3) is 0 Å². The molecular weight excluding hydrogens is 385 g/mol. The Labute approximate surface area is 167 Å². The van der Waals surface area contributed by atoms with E-state index in [4.69, 9.17) is 11.6 Å². The van der Waals surface area contributed by atoms with Gasteiger partial charge in [0.25, 0.3) is 5.91 Å². The normalized spacial score (nSPS) is 11.4. The summed E-state index contributed by atoms with van der Waals surface area (Å²) in [5, 5.41) is 22.2. The third-order valence-electron chi connectivity index (χ3n) is 3.96. The summed E-state index contributed by atoms with van der Waals surface area (Å²) in [6.45, 7) is 2.84. The summed E-state index contributed by atoms with van der Waals surface area (Å²) in [7, 11) is -1.84. The van der Waals surface area contributed by atoms with Crippen LogP contribution in [-0.4, -0.2) is 41.5 Å². The first-order valence-electron chi connectivity index (χ1n) is 8.40. The van der Waals surface area contributed by atoms with Crippen LogP contribution in [0.4, 0.5) is 10.1 Å². The van der Waals surface area contributed by atoms with Crippen molar-refractivity contribution in [1.29, 1.82) is 0 Å². The molecule has 1 atom stereocenters. The van der Waals surface area contributed by atoms with E-state index in [0.717, 1.165) is 22.6 Å². The molecule has 0 saturated carbocycles. The van der Waals surface area contributed by atoms with Crippen LogP contribution in [0, 0.1) is 5.82 Å². The Kier molecular flexibility index (Phi) is 7.75. The molecule has 0 aromatic heterocycles. The Morgan fingerprint density at radius 2 is 1.86 bits per heavy atom. The summed E-state index contributed by atoms with van der Waals surface area (Å²) in [6, 6.07) is 12.2. The quantitative estimate of drug-likeness (QED) is 0.462. The second-order valence-corrected chi connectivity index (χ2v) is 6.43. The number of halogens is 2. The highest BCUT2D eigenvalue weighted by molar-refractivity contribution is 6.43. The van der Waals surface area contributed by atoms with Gasteiger partial charge in [-0.3, -0.25) is 14.5 Å². The van der Waals surface area contributed by atoms with E-state index < -0.39 is 37.2 Å². The van der Waals surface area contributed by atoms with Gasteiger partial charge in [-0.25, -0.2) is 4.39 Å². The molecule has 0 radical (unpaired) electrons. The molecule has 0 aliphatic rings. The molecule has 0 saturated heterocycles. The molecule has 3 N–H and O–H groups in total. The van der Waals surface area contributed by atoms with E-state index in [0.29, 0.717) is 5.02 Å². The summed E-state index contributed by atoms with van der Waals surface area (Å²) >= 11 is 5.82. The van der Waals surface area contributed by atoms with Gasteiger partial charge in [0.05, 0.1) is 11.6 Å². The van der Waals surface area contributed by atoms with Crippen molar-refractivity contribution in [1.82, 2.24) is 5.32 Å². The average molecular weight is 405 g/mol. The topological polar surface area (TPSA) is 89.9 Å². The number of carbonyl (C=O) groups excluding carboxylic acids is 2. The van der Waals surface area contributed by atoms with Crippen molar-refractivity contribution >= 4 is 36.2 Å². The van der Waals surface area contributed by atoms with Gasteiger partial charge in [-0.05, 0) is 42.3 Å². The van der Waals surface area contributed by atoms with Crippen LogP contribution in [0.1, 0.15) is 5.56 Å². The first-order valence-corrected chi connectivity index (χ1v) is 8.78. The molecule has 2 rings (SSSR count). The summed E-state index contributed by atoms with van der Waals surface area (Å²) < 4.78 is 14.0. The van der Waals surface area contributed by atoms with Crippen LogP contribution in [0.5, 0.6) is 0 Å². The number of hydrogen-bond donors (Lipinski definition) is 3. The minimum absolute atomic E-state index is 0.0821. The second kappa shape index (κ2) is 10.0. The predicted molar refractivity (Wildman–Crippen MR) is 106 cm³/mol. The summed E-state index contributed by atoms with van der Waals surface area (Å²) in [6.07, 6.45) is 1.08. The summed E-state index contributed by atoms with van der Waals surface area (Å²) in [5.41, 5.74) is 0.636. The minimum atomic E-state index is -1.84. The molecule has 28 heavy (non-hydrogen) atoms. The lowest BCUT2D eigenvalue weighted by Crippen LogP contribution is -2.51. The number of amides is 2. The van der Waals surface area contributed by atoms with E-state index >= 15 is 0 Å². The lowest BCUT2D eigenvalue weighted by molar-refractivity contribution is -0.122. The molecule has 2 aromatic carbocycles. The molecule has 0 bridgehead atoms. The van der Waals surface area contributed by atoms with Gasteiger partial charge in [0.1, 0.15) is 12.4 Å². The lowest BCUT2D eigenvalue weighted by atomic mass is 9.76. The molecule has 0 fully saturated rings.